The Kier molecular flexibility index (Phi) is 3.23. The molecule has 1 aliphatic carbocycles. The molecule has 1 saturated heterocycles. The van der Waals surface area contributed by atoms with Crippen molar-refractivity contribution in [3.8, 4) is 5.75 Å². The van der Waals surface area contributed by atoms with Crippen molar-refractivity contribution in [1.82, 2.24) is 9.88 Å². The van der Waals surface area contributed by atoms with Crippen LogP contribution in [0.5, 0.6) is 5.75 Å². The van der Waals surface area contributed by atoms with Gasteiger partial charge in [0.05, 0.1) is 12.3 Å². The summed E-state index contributed by atoms with van der Waals surface area (Å²) >= 11 is 0. The summed E-state index contributed by atoms with van der Waals surface area (Å²) < 4.78 is 5.66. The molecule has 1 aromatic rings. The first-order valence-corrected chi connectivity index (χ1v) is 7.15. The molecule has 1 aromatic heterocycles. The smallest absolute Gasteiger partial charge is 0.138 e. The monoisotopic (exact) mass is 262 g/mol. The summed E-state index contributed by atoms with van der Waals surface area (Å²) in [4.78, 5) is 6.61. The van der Waals surface area contributed by atoms with E-state index in [1.54, 1.807) is 12.4 Å². The Bertz CT molecular complexity index is 459. The third-order valence-corrected chi connectivity index (χ3v) is 3.96. The largest absolute Gasteiger partial charge is 0.489 e. The number of likely N-dealkylation sites (tertiary alicyclic amines) is 1. The first-order valence-electron chi connectivity index (χ1n) is 7.15. The molecule has 0 bridgehead atoms. The highest BCUT2D eigenvalue weighted by atomic mass is 16.5. The lowest BCUT2D eigenvalue weighted by Crippen LogP contribution is -2.32. The van der Waals surface area contributed by atoms with Gasteiger partial charge in [-0.1, -0.05) is 0 Å². The zero-order chi connectivity index (χ0) is 13.5. The van der Waals surface area contributed by atoms with Crippen LogP contribution in [0.1, 0.15) is 38.7 Å². The van der Waals surface area contributed by atoms with Gasteiger partial charge in [-0.15, -0.1) is 0 Å². The number of rotatable bonds is 4. The Labute approximate surface area is 114 Å². The summed E-state index contributed by atoms with van der Waals surface area (Å²) in [5.41, 5.74) is 0.125. The number of pyridine rings is 1. The van der Waals surface area contributed by atoms with Crippen LogP contribution in [0.25, 0.3) is 0 Å². The van der Waals surface area contributed by atoms with Crippen molar-refractivity contribution in [2.45, 2.75) is 50.9 Å². The Morgan fingerprint density at radius 1 is 1.42 bits per heavy atom. The Morgan fingerprint density at radius 3 is 2.89 bits per heavy atom. The molecule has 2 aliphatic rings. The van der Waals surface area contributed by atoms with Crippen LogP contribution in [0.15, 0.2) is 18.5 Å². The van der Waals surface area contributed by atoms with Crippen molar-refractivity contribution in [3.05, 3.63) is 24.0 Å². The van der Waals surface area contributed by atoms with Crippen molar-refractivity contribution in [2.24, 2.45) is 0 Å². The Morgan fingerprint density at radius 2 is 2.21 bits per heavy atom. The van der Waals surface area contributed by atoms with Gasteiger partial charge in [-0.2, -0.15) is 0 Å². The van der Waals surface area contributed by atoms with Gasteiger partial charge in [0.1, 0.15) is 11.4 Å². The van der Waals surface area contributed by atoms with Crippen LogP contribution in [-0.4, -0.2) is 40.2 Å². The zero-order valence-electron chi connectivity index (χ0n) is 11.7. The number of β-amino-alcohol motifs (C(OH)–C–C–N with tert-alkyl or cyclic N) is 1. The van der Waals surface area contributed by atoms with E-state index in [1.165, 1.54) is 12.8 Å². The van der Waals surface area contributed by atoms with Crippen molar-refractivity contribution in [3.63, 3.8) is 0 Å². The molecule has 4 nitrogen and oxygen atoms in total. The second-order valence-electron chi connectivity index (χ2n) is 6.06. The highest BCUT2D eigenvalue weighted by Gasteiger charge is 2.43. The lowest BCUT2D eigenvalue weighted by molar-refractivity contribution is 0.0444. The van der Waals surface area contributed by atoms with Gasteiger partial charge in [0.15, 0.2) is 0 Å². The molecule has 0 aromatic carbocycles. The fourth-order valence-corrected chi connectivity index (χ4v) is 2.82. The van der Waals surface area contributed by atoms with Crippen molar-refractivity contribution < 1.29 is 9.84 Å². The summed E-state index contributed by atoms with van der Waals surface area (Å²) in [5, 5.41) is 10.8. The maximum atomic E-state index is 10.8. The molecular weight excluding hydrogens is 240 g/mol. The van der Waals surface area contributed by atoms with Crippen molar-refractivity contribution in [1.29, 1.82) is 0 Å². The topological polar surface area (TPSA) is 45.6 Å². The summed E-state index contributed by atoms with van der Waals surface area (Å²) in [6, 6.07) is 2.64. The average molecular weight is 262 g/mol. The van der Waals surface area contributed by atoms with Gasteiger partial charge in [-0.3, -0.25) is 9.88 Å². The molecule has 0 spiro atoms. The molecular formula is C15H22N2O2. The van der Waals surface area contributed by atoms with Crippen LogP contribution in [0, 0.1) is 0 Å². The van der Waals surface area contributed by atoms with E-state index in [2.05, 4.69) is 9.88 Å². The lowest BCUT2D eigenvalue weighted by Gasteiger charge is -2.24. The summed E-state index contributed by atoms with van der Waals surface area (Å²) in [7, 11) is 0. The molecule has 1 N–H and O–H groups in total. The zero-order valence-corrected chi connectivity index (χ0v) is 11.7. The standard InChI is InChI=1S/C15H22N2O2/c1-11(2)19-14-7-12(8-16-9-14)15(18)5-6-17(10-15)13-3-4-13/h7-9,11,13,18H,3-6,10H2,1-2H3. The highest BCUT2D eigenvalue weighted by Crippen LogP contribution is 2.38. The van der Waals surface area contributed by atoms with Crippen LogP contribution < -0.4 is 4.74 Å². The summed E-state index contributed by atoms with van der Waals surface area (Å²) in [6.45, 7) is 5.69. The number of hydrogen-bond acceptors (Lipinski definition) is 4. The Balaban J connectivity index is 1.77. The van der Waals surface area contributed by atoms with E-state index in [1.807, 2.05) is 19.9 Å². The van der Waals surface area contributed by atoms with E-state index >= 15 is 0 Å². The van der Waals surface area contributed by atoms with Gasteiger partial charge in [-0.05, 0) is 39.2 Å². The molecule has 4 heteroatoms. The normalized spacial score (nSPS) is 28.0. The van der Waals surface area contributed by atoms with E-state index in [9.17, 15) is 5.11 Å². The van der Waals surface area contributed by atoms with Crippen molar-refractivity contribution >= 4 is 0 Å². The van der Waals surface area contributed by atoms with Gasteiger partial charge in [0.2, 0.25) is 0 Å². The third kappa shape index (κ3) is 2.74. The molecule has 1 aliphatic heterocycles. The first-order chi connectivity index (χ1) is 9.07. The minimum absolute atomic E-state index is 0.123. The first kappa shape index (κ1) is 12.9. The van der Waals surface area contributed by atoms with Crippen LogP contribution in [0.4, 0.5) is 0 Å². The molecule has 1 unspecified atom stereocenters. The van der Waals surface area contributed by atoms with Crippen LogP contribution in [0.2, 0.25) is 0 Å². The molecule has 104 valence electrons. The minimum atomic E-state index is -0.758. The van der Waals surface area contributed by atoms with E-state index in [0.29, 0.717) is 6.04 Å². The van der Waals surface area contributed by atoms with E-state index in [4.69, 9.17) is 4.74 Å². The van der Waals surface area contributed by atoms with Gasteiger partial charge in [0, 0.05) is 30.9 Å². The van der Waals surface area contributed by atoms with Crippen LogP contribution >= 0.6 is 0 Å². The molecule has 1 atom stereocenters. The van der Waals surface area contributed by atoms with E-state index in [-0.39, 0.29) is 6.10 Å². The van der Waals surface area contributed by atoms with Crippen LogP contribution in [0.3, 0.4) is 0 Å². The molecule has 1 saturated carbocycles. The van der Waals surface area contributed by atoms with Gasteiger partial charge >= 0.3 is 0 Å². The lowest BCUT2D eigenvalue weighted by atomic mass is 9.94. The summed E-state index contributed by atoms with van der Waals surface area (Å²) in [5.74, 6) is 0.741. The molecule has 0 radical (unpaired) electrons. The fraction of sp³-hybridized carbons (Fsp3) is 0.667. The number of aliphatic hydroxyl groups is 1. The maximum Gasteiger partial charge on any atom is 0.138 e. The predicted molar refractivity (Wildman–Crippen MR) is 73.1 cm³/mol. The molecule has 3 rings (SSSR count). The second kappa shape index (κ2) is 4.76. The summed E-state index contributed by atoms with van der Waals surface area (Å²) in [6.07, 6.45) is 6.95. The molecule has 2 fully saturated rings. The van der Waals surface area contributed by atoms with E-state index in [0.717, 1.165) is 30.8 Å². The van der Waals surface area contributed by atoms with Gasteiger partial charge < -0.3 is 9.84 Å². The highest BCUT2D eigenvalue weighted by molar-refractivity contribution is 5.29. The average Bonchev–Trinajstić information content (AvgIpc) is 3.13. The van der Waals surface area contributed by atoms with E-state index < -0.39 is 5.60 Å². The second-order valence-corrected chi connectivity index (χ2v) is 6.06. The van der Waals surface area contributed by atoms with Crippen molar-refractivity contribution in [2.75, 3.05) is 13.1 Å². The Hall–Kier alpha value is -1.13. The predicted octanol–water partition coefficient (Wildman–Crippen LogP) is 1.92. The molecule has 2 heterocycles. The van der Waals surface area contributed by atoms with Gasteiger partial charge in [0.25, 0.3) is 0 Å². The third-order valence-electron chi connectivity index (χ3n) is 3.96. The fourth-order valence-electron chi connectivity index (χ4n) is 2.82. The SMILES string of the molecule is CC(C)Oc1cncc(C2(O)CCN(C3CC3)C2)c1. The van der Waals surface area contributed by atoms with Crippen LogP contribution in [-0.2, 0) is 5.60 Å². The number of ether oxygens (including phenoxy) is 1. The number of nitrogens with zero attached hydrogens (tertiary/aromatic N) is 2. The number of hydrogen-bond donors (Lipinski definition) is 1. The maximum absolute atomic E-state index is 10.8. The quantitative estimate of drug-likeness (QED) is 0.900. The van der Waals surface area contributed by atoms with Gasteiger partial charge in [-0.25, -0.2) is 0 Å². The molecule has 0 amide bonds. The minimum Gasteiger partial charge on any atom is -0.489 e. The number of aromatic nitrogens is 1. The molecule has 19 heavy (non-hydrogen) atoms.